The van der Waals surface area contributed by atoms with Gasteiger partial charge in [0, 0.05) is 18.9 Å². The zero-order valence-electron chi connectivity index (χ0n) is 25.7. The summed E-state index contributed by atoms with van der Waals surface area (Å²) in [6, 6.07) is 1.95. The van der Waals surface area contributed by atoms with Gasteiger partial charge in [-0.2, -0.15) is 17.9 Å². The largest absolute Gasteiger partial charge is 0.550 e. The molecule has 0 aromatic heterocycles. The number of fused-ring (bicyclic) bond motifs is 1. The van der Waals surface area contributed by atoms with Gasteiger partial charge >= 0.3 is 12.1 Å². The van der Waals surface area contributed by atoms with E-state index in [0.717, 1.165) is 10.0 Å². The number of aliphatic carboxylic acids is 1. The summed E-state index contributed by atoms with van der Waals surface area (Å²) >= 11 is 12.0. The zero-order chi connectivity index (χ0) is 37.0. The molecule has 2 aliphatic rings. The number of nitrogens with one attached hydrogen (secondary N) is 2. The Hall–Kier alpha value is -4.26. The van der Waals surface area contributed by atoms with Gasteiger partial charge in [-0.25, -0.2) is 18.2 Å². The standard InChI is InChI=1S/C30H29Cl2F3N4O10S/c31-18-3-1-4-19(32)26(18)29(46)49-15-23(40)20(11-13-25(42)43)36-27(44)22-5-2-14-38-24(41)12-10-21(28(45)39(22)38)37-50(47,48)17-8-6-16(7-9-17)30(33,34)35/h1,3-4,6-9,20-22,37H,2,5,10-15H2,(H,36,44)(H,42,43)/p-1/t20?,21-,22-/m0/s1. The molecule has 2 saturated heterocycles. The molecule has 2 aromatic rings. The Kier molecular flexibility index (Phi) is 12.1. The van der Waals surface area contributed by atoms with Crippen molar-refractivity contribution in [2.24, 2.45) is 0 Å². The average Bonchev–Trinajstić information content (AvgIpc) is 3.16. The van der Waals surface area contributed by atoms with Gasteiger partial charge in [0.15, 0.2) is 12.4 Å². The first-order valence-electron chi connectivity index (χ1n) is 14.9. The van der Waals surface area contributed by atoms with Crippen molar-refractivity contribution in [3.8, 4) is 0 Å². The fraction of sp³-hybridized carbons (Fsp3) is 0.400. The summed E-state index contributed by atoms with van der Waals surface area (Å²) in [7, 11) is -4.61. The molecule has 2 fully saturated rings. The molecule has 50 heavy (non-hydrogen) atoms. The van der Waals surface area contributed by atoms with Gasteiger partial charge in [-0.15, -0.1) is 0 Å². The number of alkyl halides is 3. The number of hydrogen-bond donors (Lipinski definition) is 2. The second-order valence-electron chi connectivity index (χ2n) is 11.2. The number of amides is 3. The molecule has 2 aromatic carbocycles. The summed E-state index contributed by atoms with van der Waals surface area (Å²) in [6.45, 7) is -0.982. The molecule has 14 nitrogen and oxygen atoms in total. The van der Waals surface area contributed by atoms with Crippen LogP contribution in [0.25, 0.3) is 0 Å². The van der Waals surface area contributed by atoms with Crippen LogP contribution >= 0.6 is 23.2 Å². The number of hydrogen-bond acceptors (Lipinski definition) is 10. The van der Waals surface area contributed by atoms with Crippen molar-refractivity contribution in [3.05, 3.63) is 63.6 Å². The molecule has 2 aliphatic heterocycles. The molecule has 3 atom stereocenters. The van der Waals surface area contributed by atoms with Gasteiger partial charge in [-0.3, -0.25) is 24.2 Å². The van der Waals surface area contributed by atoms with Crippen LogP contribution in [-0.4, -0.2) is 85.2 Å². The SMILES string of the molecule is O=C([O-])CCC(NC(=O)[C@@H]1CCCN2C(=O)CC[C@H](NS(=O)(=O)c3ccc(C(F)(F)F)cc3)C(=O)N12)C(=O)COC(=O)c1c(Cl)cccc1Cl. The van der Waals surface area contributed by atoms with Gasteiger partial charge < -0.3 is 20.0 Å². The first kappa shape index (κ1) is 38.5. The summed E-state index contributed by atoms with van der Waals surface area (Å²) in [5.74, 6) is -6.29. The highest BCUT2D eigenvalue weighted by molar-refractivity contribution is 7.89. The first-order valence-corrected chi connectivity index (χ1v) is 17.1. The summed E-state index contributed by atoms with van der Waals surface area (Å²) < 4.78 is 72.2. The number of carbonyl (C=O) groups is 6. The van der Waals surface area contributed by atoms with Gasteiger partial charge in [-0.05, 0) is 68.5 Å². The van der Waals surface area contributed by atoms with Crippen LogP contribution in [0.15, 0.2) is 47.4 Å². The minimum absolute atomic E-state index is 0.0275. The molecule has 0 radical (unpaired) electrons. The number of nitrogens with zero attached hydrogens (tertiary/aromatic N) is 2. The number of ketones is 1. The third-order valence-corrected chi connectivity index (χ3v) is 9.93. The van der Waals surface area contributed by atoms with Gasteiger partial charge in [0.05, 0.1) is 32.1 Å². The van der Waals surface area contributed by atoms with Crippen LogP contribution in [-0.2, 0) is 44.9 Å². The summed E-state index contributed by atoms with van der Waals surface area (Å²) in [4.78, 5) is 76.7. The van der Waals surface area contributed by atoms with E-state index in [1.54, 1.807) is 0 Å². The third kappa shape index (κ3) is 9.09. The number of ether oxygens (including phenoxy) is 1. The number of carbonyl (C=O) groups excluding carboxylic acids is 6. The summed E-state index contributed by atoms with van der Waals surface area (Å²) in [5, 5.41) is 15.1. The lowest BCUT2D eigenvalue weighted by atomic mass is 10.0. The molecule has 2 heterocycles. The van der Waals surface area contributed by atoms with Crippen LogP contribution in [0.1, 0.15) is 54.4 Å². The molecule has 0 bridgehead atoms. The van der Waals surface area contributed by atoms with Gasteiger partial charge in [-0.1, -0.05) is 29.3 Å². The van der Waals surface area contributed by atoms with Crippen molar-refractivity contribution in [3.63, 3.8) is 0 Å². The van der Waals surface area contributed by atoms with E-state index in [1.165, 1.54) is 18.2 Å². The van der Waals surface area contributed by atoms with E-state index < -0.39 is 99.7 Å². The molecular weight excluding hydrogens is 736 g/mol. The third-order valence-electron chi connectivity index (χ3n) is 7.81. The highest BCUT2D eigenvalue weighted by Gasteiger charge is 2.46. The van der Waals surface area contributed by atoms with Gasteiger partial charge in [0.25, 0.3) is 5.91 Å². The van der Waals surface area contributed by atoms with Crippen LogP contribution in [0, 0.1) is 0 Å². The van der Waals surface area contributed by atoms with Crippen molar-refractivity contribution >= 4 is 68.7 Å². The Labute approximate surface area is 292 Å². The number of benzene rings is 2. The number of Topliss-reactive ketones (excluding diaryl/α,β-unsaturated/α-hetero) is 1. The van der Waals surface area contributed by atoms with Crippen molar-refractivity contribution in [1.29, 1.82) is 0 Å². The maximum atomic E-state index is 13.8. The lowest BCUT2D eigenvalue weighted by Crippen LogP contribution is -2.64. The molecule has 20 heteroatoms. The van der Waals surface area contributed by atoms with Crippen LogP contribution in [0.5, 0.6) is 0 Å². The van der Waals surface area contributed by atoms with E-state index in [9.17, 15) is 55.5 Å². The highest BCUT2D eigenvalue weighted by Crippen LogP contribution is 2.31. The zero-order valence-corrected chi connectivity index (χ0v) is 28.0. The number of esters is 1. The van der Waals surface area contributed by atoms with Crippen molar-refractivity contribution in [2.75, 3.05) is 13.2 Å². The summed E-state index contributed by atoms with van der Waals surface area (Å²) in [5.41, 5.74) is -1.35. The summed E-state index contributed by atoms with van der Waals surface area (Å²) in [6.07, 6.45) is -6.53. The van der Waals surface area contributed by atoms with Crippen LogP contribution in [0.2, 0.25) is 10.0 Å². The quantitative estimate of drug-likeness (QED) is 0.300. The lowest BCUT2D eigenvalue weighted by Gasteiger charge is -2.43. The molecule has 1 unspecified atom stereocenters. The van der Waals surface area contributed by atoms with E-state index in [4.69, 9.17) is 27.9 Å². The second-order valence-corrected chi connectivity index (χ2v) is 13.7. The molecule has 0 saturated carbocycles. The smallest absolute Gasteiger partial charge is 0.416 e. The molecule has 3 amide bonds. The Morgan fingerprint density at radius 1 is 1.02 bits per heavy atom. The molecule has 270 valence electrons. The van der Waals surface area contributed by atoms with E-state index in [0.29, 0.717) is 24.3 Å². The molecular formula is C30H28Cl2F3N4O10S-. The molecule has 0 aliphatic carbocycles. The van der Waals surface area contributed by atoms with Crippen LogP contribution < -0.4 is 15.1 Å². The molecule has 4 rings (SSSR count). The van der Waals surface area contributed by atoms with Crippen molar-refractivity contribution in [2.45, 2.75) is 67.7 Å². The average molecular weight is 765 g/mol. The van der Waals surface area contributed by atoms with Gasteiger partial charge in [0.2, 0.25) is 21.8 Å². The predicted molar refractivity (Wildman–Crippen MR) is 164 cm³/mol. The predicted octanol–water partition coefficient (Wildman–Crippen LogP) is 1.63. The number of rotatable bonds is 12. The Balaban J connectivity index is 1.52. The van der Waals surface area contributed by atoms with E-state index in [2.05, 4.69) is 10.0 Å². The van der Waals surface area contributed by atoms with E-state index in [-0.39, 0.29) is 47.8 Å². The fourth-order valence-electron chi connectivity index (χ4n) is 5.31. The minimum atomic E-state index is -4.73. The Bertz CT molecular complexity index is 1770. The van der Waals surface area contributed by atoms with E-state index >= 15 is 0 Å². The normalized spacial score (nSPS) is 18.9. The molecule has 0 spiro atoms. The van der Waals surface area contributed by atoms with Crippen LogP contribution in [0.4, 0.5) is 13.2 Å². The maximum absolute atomic E-state index is 13.8. The topological polar surface area (TPSA) is 199 Å². The Morgan fingerprint density at radius 3 is 2.26 bits per heavy atom. The number of hydrazine groups is 1. The lowest BCUT2D eigenvalue weighted by molar-refractivity contribution is -0.305. The van der Waals surface area contributed by atoms with Crippen molar-refractivity contribution < 1.29 is 60.2 Å². The van der Waals surface area contributed by atoms with E-state index in [1.807, 2.05) is 0 Å². The number of carboxylic acid groups (broad SMARTS) is 1. The number of sulfonamides is 1. The molecule has 2 N–H and O–H groups in total. The number of halogens is 5. The number of carboxylic acids is 1. The Morgan fingerprint density at radius 2 is 1.66 bits per heavy atom. The minimum Gasteiger partial charge on any atom is -0.550 e. The maximum Gasteiger partial charge on any atom is 0.416 e. The second kappa shape index (κ2) is 15.7. The van der Waals surface area contributed by atoms with Crippen LogP contribution in [0.3, 0.4) is 0 Å². The monoisotopic (exact) mass is 763 g/mol. The van der Waals surface area contributed by atoms with Crippen molar-refractivity contribution in [1.82, 2.24) is 20.1 Å². The van der Waals surface area contributed by atoms with Gasteiger partial charge in [0.1, 0.15) is 12.1 Å². The highest BCUT2D eigenvalue weighted by atomic mass is 35.5. The fourth-order valence-corrected chi connectivity index (χ4v) is 7.08. The first-order chi connectivity index (χ1) is 23.4.